The molecule has 0 saturated heterocycles. The Labute approximate surface area is 133 Å². The van der Waals surface area contributed by atoms with Crippen LogP contribution in [0.4, 0.5) is 0 Å². The molecule has 0 aliphatic rings. The fourth-order valence-electron chi connectivity index (χ4n) is 1.60. The van der Waals surface area contributed by atoms with E-state index in [1.54, 1.807) is 0 Å². The number of hydrogen-bond acceptors (Lipinski definition) is 5. The maximum atomic E-state index is 11.6. The molecule has 0 aromatic heterocycles. The minimum absolute atomic E-state index is 0.132. The molecule has 7 heteroatoms. The summed E-state index contributed by atoms with van der Waals surface area (Å²) >= 11 is 0. The average molecular weight is 317 g/mol. The van der Waals surface area contributed by atoms with Gasteiger partial charge in [-0.1, -0.05) is 0 Å². The van der Waals surface area contributed by atoms with Gasteiger partial charge in [0.15, 0.2) is 0 Å². The zero-order valence-corrected chi connectivity index (χ0v) is 14.5. The number of likely N-dealkylation sites (N-methyl/N-ethyl adjacent to an activating group) is 1. The first-order valence-corrected chi connectivity index (χ1v) is 7.55. The molecule has 22 heavy (non-hydrogen) atoms. The van der Waals surface area contributed by atoms with Crippen LogP contribution in [0.1, 0.15) is 40.5 Å². The number of primary amides is 1. The molecule has 0 saturated carbocycles. The summed E-state index contributed by atoms with van der Waals surface area (Å²) in [5.74, 6) is -0.760. The Balaban J connectivity index is 4.07. The van der Waals surface area contributed by atoms with Gasteiger partial charge in [0.1, 0.15) is 0 Å². The van der Waals surface area contributed by atoms with Gasteiger partial charge >= 0.3 is 0 Å². The number of rotatable bonds is 12. The number of carbonyl (C=O) groups is 2. The van der Waals surface area contributed by atoms with Crippen LogP contribution >= 0.6 is 0 Å². The Bertz CT molecular complexity index is 357. The SMILES string of the molecule is CNCCOC(C)(C)COC(C)(C)CCC(=O)NCC(N)=O. The molecule has 0 aromatic rings. The van der Waals surface area contributed by atoms with Crippen LogP contribution in [0.2, 0.25) is 0 Å². The van der Waals surface area contributed by atoms with Crippen LogP contribution in [0.15, 0.2) is 0 Å². The zero-order valence-electron chi connectivity index (χ0n) is 14.5. The third-order valence-electron chi connectivity index (χ3n) is 3.07. The predicted octanol–water partition coefficient (Wildman–Crippen LogP) is 0.178. The first-order chi connectivity index (χ1) is 10.1. The molecule has 0 atom stereocenters. The van der Waals surface area contributed by atoms with Crippen molar-refractivity contribution in [2.45, 2.75) is 51.7 Å². The van der Waals surface area contributed by atoms with Crippen LogP contribution in [0, 0.1) is 0 Å². The first-order valence-electron chi connectivity index (χ1n) is 7.55. The van der Waals surface area contributed by atoms with Crippen molar-refractivity contribution in [3.05, 3.63) is 0 Å². The van der Waals surface area contributed by atoms with Crippen LogP contribution < -0.4 is 16.4 Å². The quantitative estimate of drug-likeness (QED) is 0.446. The van der Waals surface area contributed by atoms with Gasteiger partial charge in [0.05, 0.1) is 31.0 Å². The Hall–Kier alpha value is -1.18. The van der Waals surface area contributed by atoms with Gasteiger partial charge in [0, 0.05) is 13.0 Å². The Morgan fingerprint density at radius 2 is 1.73 bits per heavy atom. The van der Waals surface area contributed by atoms with Gasteiger partial charge in [0.25, 0.3) is 0 Å². The molecular weight excluding hydrogens is 286 g/mol. The van der Waals surface area contributed by atoms with E-state index in [0.29, 0.717) is 19.6 Å². The summed E-state index contributed by atoms with van der Waals surface area (Å²) in [5.41, 5.74) is 4.13. The molecule has 2 amide bonds. The van der Waals surface area contributed by atoms with Crippen molar-refractivity contribution >= 4 is 11.8 Å². The largest absolute Gasteiger partial charge is 0.373 e. The molecule has 0 aliphatic carbocycles. The molecule has 0 fully saturated rings. The summed E-state index contributed by atoms with van der Waals surface area (Å²) in [6.45, 7) is 9.50. The van der Waals surface area contributed by atoms with Crippen molar-refractivity contribution in [1.82, 2.24) is 10.6 Å². The van der Waals surface area contributed by atoms with Gasteiger partial charge in [-0.25, -0.2) is 0 Å². The fraction of sp³-hybridized carbons (Fsp3) is 0.867. The number of hydrogen-bond donors (Lipinski definition) is 3. The van der Waals surface area contributed by atoms with E-state index in [1.807, 2.05) is 34.7 Å². The van der Waals surface area contributed by atoms with Crippen molar-refractivity contribution in [1.29, 1.82) is 0 Å². The highest BCUT2D eigenvalue weighted by atomic mass is 16.6. The van der Waals surface area contributed by atoms with Crippen molar-refractivity contribution in [2.75, 3.05) is 33.4 Å². The summed E-state index contributed by atoms with van der Waals surface area (Å²) in [6.07, 6.45) is 0.825. The van der Waals surface area contributed by atoms with Crippen LogP contribution in [0.5, 0.6) is 0 Å². The molecule has 0 spiro atoms. The lowest BCUT2D eigenvalue weighted by Gasteiger charge is -2.32. The van der Waals surface area contributed by atoms with E-state index >= 15 is 0 Å². The van der Waals surface area contributed by atoms with Crippen LogP contribution in [-0.4, -0.2) is 56.4 Å². The van der Waals surface area contributed by atoms with E-state index in [2.05, 4.69) is 10.6 Å². The van der Waals surface area contributed by atoms with Crippen molar-refractivity contribution in [3.63, 3.8) is 0 Å². The third-order valence-corrected chi connectivity index (χ3v) is 3.07. The van der Waals surface area contributed by atoms with Gasteiger partial charge in [-0.15, -0.1) is 0 Å². The number of nitrogens with two attached hydrogens (primary N) is 1. The minimum Gasteiger partial charge on any atom is -0.373 e. The second-order valence-electron chi connectivity index (χ2n) is 6.50. The maximum Gasteiger partial charge on any atom is 0.236 e. The van der Waals surface area contributed by atoms with Gasteiger partial charge in [-0.05, 0) is 41.2 Å². The van der Waals surface area contributed by atoms with Crippen LogP contribution in [0.3, 0.4) is 0 Å². The lowest BCUT2D eigenvalue weighted by atomic mass is 10.0. The van der Waals surface area contributed by atoms with Gasteiger partial charge in [-0.2, -0.15) is 0 Å². The summed E-state index contributed by atoms with van der Waals surface area (Å²) in [4.78, 5) is 22.2. The number of amides is 2. The monoisotopic (exact) mass is 317 g/mol. The second-order valence-corrected chi connectivity index (χ2v) is 6.50. The zero-order chi connectivity index (χ0) is 17.2. The lowest BCUT2D eigenvalue weighted by molar-refractivity contribution is -0.131. The Kier molecular flexibility index (Phi) is 9.24. The third kappa shape index (κ3) is 11.5. The molecule has 7 nitrogen and oxygen atoms in total. The van der Waals surface area contributed by atoms with Gasteiger partial charge in [-0.3, -0.25) is 9.59 Å². The molecular formula is C15H31N3O4. The number of carbonyl (C=O) groups excluding carboxylic acids is 2. The highest BCUT2D eigenvalue weighted by molar-refractivity contribution is 5.83. The summed E-state index contributed by atoms with van der Waals surface area (Å²) < 4.78 is 11.6. The summed E-state index contributed by atoms with van der Waals surface area (Å²) in [6, 6.07) is 0. The van der Waals surface area contributed by atoms with E-state index in [9.17, 15) is 9.59 Å². The normalized spacial score (nSPS) is 12.2. The average Bonchev–Trinajstić information content (AvgIpc) is 2.41. The van der Waals surface area contributed by atoms with Gasteiger partial charge in [0.2, 0.25) is 11.8 Å². The molecule has 0 aromatic carbocycles. The Morgan fingerprint density at radius 3 is 2.27 bits per heavy atom. The van der Waals surface area contributed by atoms with Crippen LogP contribution in [-0.2, 0) is 19.1 Å². The molecule has 130 valence electrons. The topological polar surface area (TPSA) is 103 Å². The van der Waals surface area contributed by atoms with Gasteiger partial charge < -0.3 is 25.8 Å². The lowest BCUT2D eigenvalue weighted by Crippen LogP contribution is -2.39. The molecule has 0 heterocycles. The highest BCUT2D eigenvalue weighted by Gasteiger charge is 2.26. The maximum absolute atomic E-state index is 11.6. The molecule has 0 unspecified atom stereocenters. The molecule has 0 bridgehead atoms. The highest BCUT2D eigenvalue weighted by Crippen LogP contribution is 2.20. The number of nitrogens with one attached hydrogen (secondary N) is 2. The number of ether oxygens (including phenoxy) is 2. The fourth-order valence-corrected chi connectivity index (χ4v) is 1.60. The van der Waals surface area contributed by atoms with E-state index in [4.69, 9.17) is 15.2 Å². The molecule has 0 radical (unpaired) electrons. The predicted molar refractivity (Wildman–Crippen MR) is 85.4 cm³/mol. The molecule has 4 N–H and O–H groups in total. The summed E-state index contributed by atoms with van der Waals surface area (Å²) in [5, 5.41) is 5.48. The van der Waals surface area contributed by atoms with Crippen molar-refractivity contribution in [2.24, 2.45) is 5.73 Å². The molecule has 0 aliphatic heterocycles. The van der Waals surface area contributed by atoms with Crippen LogP contribution in [0.25, 0.3) is 0 Å². The van der Waals surface area contributed by atoms with Crippen molar-refractivity contribution in [3.8, 4) is 0 Å². The second kappa shape index (κ2) is 9.76. The first kappa shape index (κ1) is 20.8. The van der Waals surface area contributed by atoms with E-state index in [-0.39, 0.29) is 24.5 Å². The minimum atomic E-state index is -0.552. The molecule has 0 rings (SSSR count). The van der Waals surface area contributed by atoms with E-state index in [0.717, 1.165) is 6.54 Å². The smallest absolute Gasteiger partial charge is 0.236 e. The van der Waals surface area contributed by atoms with Crippen molar-refractivity contribution < 1.29 is 19.1 Å². The standard InChI is InChI=1S/C15H31N3O4/c1-14(2,7-6-13(20)18-10-12(16)19)22-11-15(3,4)21-9-8-17-5/h17H,6-11H2,1-5H3,(H2,16,19)(H,18,20). The Morgan fingerprint density at radius 1 is 1.09 bits per heavy atom. The van der Waals surface area contributed by atoms with E-state index in [1.165, 1.54) is 0 Å². The van der Waals surface area contributed by atoms with E-state index < -0.39 is 11.5 Å². The summed E-state index contributed by atoms with van der Waals surface area (Å²) in [7, 11) is 1.87.